The average molecular weight is 1290 g/mol. The summed E-state index contributed by atoms with van der Waals surface area (Å²) in [4.78, 5) is 22.9. The molecule has 0 bridgehead atoms. The summed E-state index contributed by atoms with van der Waals surface area (Å²) in [5.74, 6) is -2.39. The molecule has 27 nitrogen and oxygen atoms in total. The number of nitrogen functional groups attached to an aromatic ring is 2. The van der Waals surface area contributed by atoms with Crippen LogP contribution in [-0.2, 0) is 50.6 Å². The van der Waals surface area contributed by atoms with E-state index >= 15 is 0 Å². The number of nitrogens with two attached hydrogens (primary N) is 2. The van der Waals surface area contributed by atoms with Gasteiger partial charge in [-0.2, -0.15) is 10.2 Å². The SMILES string of the molecule is Nc1ccc2c(c1)C(=O)/C(=N\Nc1ccc(/C=C/c3ccc(N/N=C4/C(=O)c5c(N)cc(S(=O)(=O)[O-])cc5C=C4S(=O)(=O)[O-])cc3S(=O)(=O)[O-])c(S(=O)(=O)[O-])c1)C(S(=O)(=O)[O-])=C2.OCCN(CCO)CCO.[K+].[K+].[K+].[K+].[K+]. The van der Waals surface area contributed by atoms with Crippen LogP contribution in [0.25, 0.3) is 24.3 Å². The number of hydrogen-bond donors (Lipinski definition) is 7. The van der Waals surface area contributed by atoms with Gasteiger partial charge in [0.05, 0.1) is 61.3 Å². The molecule has 0 aromatic heterocycles. The molecule has 0 fully saturated rings. The first-order valence-corrected chi connectivity index (χ1v) is 26.8. The van der Waals surface area contributed by atoms with Gasteiger partial charge in [-0.15, -0.1) is 0 Å². The number of hydrogen-bond acceptors (Lipinski definition) is 27. The minimum Gasteiger partial charge on any atom is -0.744 e. The maximum Gasteiger partial charge on any atom is 1.00 e. The van der Waals surface area contributed by atoms with Crippen molar-refractivity contribution in [3.63, 3.8) is 0 Å². The second-order valence-electron chi connectivity index (χ2n) is 14.8. The number of nitrogens with one attached hydrogen (secondary N) is 2. The third-order valence-corrected chi connectivity index (χ3v) is 14.2. The molecule has 0 aliphatic heterocycles. The number of anilines is 4. The Labute approximate surface area is 654 Å². The number of aliphatic hydroxyl groups is 3. The number of carbonyl (C=O) groups is 2. The van der Waals surface area contributed by atoms with Crippen molar-refractivity contribution in [1.29, 1.82) is 0 Å². The number of fused-ring (bicyclic) bond motifs is 2. The first-order chi connectivity index (χ1) is 33.4. The van der Waals surface area contributed by atoms with Gasteiger partial charge in [0.25, 0.3) is 0 Å². The van der Waals surface area contributed by atoms with Crippen molar-refractivity contribution in [3.8, 4) is 0 Å². The minimum atomic E-state index is -5.57. The third-order valence-electron chi connectivity index (χ3n) is 9.87. The summed E-state index contributed by atoms with van der Waals surface area (Å²) in [5.41, 5.74) is 10.6. The van der Waals surface area contributed by atoms with Gasteiger partial charge in [-0.1, -0.05) is 30.4 Å². The van der Waals surface area contributed by atoms with E-state index in [2.05, 4.69) is 21.1 Å². The van der Waals surface area contributed by atoms with Crippen LogP contribution in [-0.4, -0.2) is 148 Å². The number of benzene rings is 4. The molecule has 386 valence electrons. The maximum atomic E-state index is 13.3. The van der Waals surface area contributed by atoms with E-state index in [1.54, 1.807) is 4.90 Å². The van der Waals surface area contributed by atoms with Crippen LogP contribution in [0.1, 0.15) is 43.0 Å². The van der Waals surface area contributed by atoms with E-state index in [4.69, 9.17) is 26.8 Å². The van der Waals surface area contributed by atoms with Gasteiger partial charge in [-0.3, -0.25) is 25.3 Å². The van der Waals surface area contributed by atoms with Crippen molar-refractivity contribution < 1.29 is 347 Å². The molecule has 2 aliphatic rings. The summed E-state index contributed by atoms with van der Waals surface area (Å²) in [6.45, 7) is 1.75. The number of nitrogens with zero attached hydrogens (tertiary/aromatic N) is 3. The summed E-state index contributed by atoms with van der Waals surface area (Å²) < 4.78 is 181. The molecule has 2 aliphatic carbocycles. The molecule has 0 saturated carbocycles. The van der Waals surface area contributed by atoms with Crippen LogP contribution in [0.4, 0.5) is 22.7 Å². The molecule has 37 heteroatoms. The molecule has 0 spiro atoms. The van der Waals surface area contributed by atoms with Crippen LogP contribution in [0.2, 0.25) is 0 Å². The molecule has 77 heavy (non-hydrogen) atoms. The Bertz CT molecular complexity index is 3630. The monoisotopic (exact) mass is 1290 g/mol. The second-order valence-corrected chi connectivity index (χ2v) is 21.5. The Morgan fingerprint density at radius 2 is 0.935 bits per heavy atom. The van der Waals surface area contributed by atoms with Gasteiger partial charge in [-0.25, -0.2) is 42.1 Å². The number of Topliss-reactive ketones (excluding diaryl/α,β-unsaturated/α-hetero) is 2. The van der Waals surface area contributed by atoms with Crippen molar-refractivity contribution in [2.45, 2.75) is 14.7 Å². The number of rotatable bonds is 17. The number of carbonyl (C=O) groups excluding carboxylic acids is 2. The number of hydrazone groups is 2. The Morgan fingerprint density at radius 3 is 1.32 bits per heavy atom. The summed E-state index contributed by atoms with van der Waals surface area (Å²) in [6.07, 6.45) is 3.20. The molecular formula is C40H36K5N7O20S5. The van der Waals surface area contributed by atoms with Crippen molar-refractivity contribution >= 4 is 121 Å². The van der Waals surface area contributed by atoms with Gasteiger partial charge in [0.15, 0.2) is 0 Å². The average Bonchev–Trinajstić information content (AvgIpc) is 3.26. The summed E-state index contributed by atoms with van der Waals surface area (Å²) in [5, 5.41) is 32.7. The largest absolute Gasteiger partial charge is 1.00 e. The zero-order valence-electron chi connectivity index (χ0n) is 41.2. The quantitative estimate of drug-likeness (QED) is 0.0170. The van der Waals surface area contributed by atoms with Gasteiger partial charge in [0, 0.05) is 36.6 Å². The number of allylic oxidation sites excluding steroid dienone is 2. The van der Waals surface area contributed by atoms with Crippen molar-refractivity contribution in [2.75, 3.05) is 61.8 Å². The van der Waals surface area contributed by atoms with Crippen LogP contribution in [0.15, 0.2) is 101 Å². The van der Waals surface area contributed by atoms with E-state index in [9.17, 15) is 74.4 Å². The predicted molar refractivity (Wildman–Crippen MR) is 251 cm³/mol. The minimum absolute atomic E-state index is 0. The molecule has 0 amide bonds. The Morgan fingerprint density at radius 1 is 0.519 bits per heavy atom. The molecular weight excluding hydrogens is 1250 g/mol. The van der Waals surface area contributed by atoms with Crippen LogP contribution in [0, 0.1) is 0 Å². The molecule has 0 heterocycles. The molecule has 0 radical (unpaired) electrons. The van der Waals surface area contributed by atoms with E-state index in [0.717, 1.165) is 42.5 Å². The van der Waals surface area contributed by atoms with Crippen molar-refractivity contribution in [3.05, 3.63) is 110 Å². The maximum absolute atomic E-state index is 13.3. The Hall–Kier alpha value is 1.55. The Kier molecular flexibility index (Phi) is 34.1. The summed E-state index contributed by atoms with van der Waals surface area (Å²) in [7, 11) is -26.9. The van der Waals surface area contributed by atoms with Gasteiger partial charge in [0.2, 0.25) is 11.6 Å². The van der Waals surface area contributed by atoms with Gasteiger partial charge < -0.3 is 49.6 Å². The zero-order valence-corrected chi connectivity index (χ0v) is 60.9. The molecule has 0 saturated heterocycles. The topological polar surface area (TPSA) is 485 Å². The fourth-order valence-corrected chi connectivity index (χ4v) is 9.88. The molecule has 9 N–H and O–H groups in total. The number of ketones is 2. The Balaban J connectivity index is 0.00000350. The third kappa shape index (κ3) is 21.8. The molecule has 4 aromatic rings. The van der Waals surface area contributed by atoms with Crippen LogP contribution in [0.5, 0.6) is 0 Å². The van der Waals surface area contributed by atoms with Crippen molar-refractivity contribution in [2.24, 2.45) is 10.2 Å². The summed E-state index contributed by atoms with van der Waals surface area (Å²) in [6, 6.07) is 10.4. The molecule has 6 rings (SSSR count). The van der Waals surface area contributed by atoms with E-state index in [0.29, 0.717) is 50.0 Å². The predicted octanol–water partition coefficient (Wildman–Crippen LogP) is -15.9. The first kappa shape index (κ1) is 78.6. The normalized spacial score (nSPS) is 14.5. The van der Waals surface area contributed by atoms with E-state index in [-0.39, 0.29) is 299 Å². The van der Waals surface area contributed by atoms with E-state index in [1.165, 1.54) is 18.2 Å². The van der Waals surface area contributed by atoms with Gasteiger partial charge in [-0.05, 0) is 82.9 Å². The smallest absolute Gasteiger partial charge is 0.744 e. The van der Waals surface area contributed by atoms with Crippen molar-refractivity contribution in [1.82, 2.24) is 4.90 Å². The molecule has 0 unspecified atom stereocenters. The number of aliphatic hydroxyl groups excluding tert-OH is 3. The van der Waals surface area contributed by atoms with Crippen LogP contribution >= 0.6 is 0 Å². The van der Waals surface area contributed by atoms with Crippen LogP contribution in [0.3, 0.4) is 0 Å². The fraction of sp³-hybridized carbons (Fsp3) is 0.150. The van der Waals surface area contributed by atoms with Gasteiger partial charge >= 0.3 is 257 Å². The van der Waals surface area contributed by atoms with Crippen LogP contribution < -0.4 is 279 Å². The molecule has 4 aromatic carbocycles. The first-order valence-electron chi connectivity index (χ1n) is 19.7. The van der Waals surface area contributed by atoms with Gasteiger partial charge in [0.1, 0.15) is 62.0 Å². The summed E-state index contributed by atoms with van der Waals surface area (Å²) >= 11 is 0. The molecule has 0 atom stereocenters. The fourth-order valence-electron chi connectivity index (χ4n) is 6.65. The van der Waals surface area contributed by atoms with E-state index < -0.39 is 132 Å². The standard InChI is InChI=1S/C34H26N6O17S5.C6H15NO3.5K/c35-20-6-3-18-10-28(61(52,53)54)31(33(41)24(18)12-20)39-37-21-7-4-16(26(13-21)59(46,47)48)1-2-17-5-8-22(14-27(17)60(49,50)51)38-40-32-29(62(55,56)57)11-19-9-23(58(43,44)45)15-25(36)30(19)34(32)42;8-4-1-7(2-5-9)3-6-10;;;;;/h1-15,37-38H,35-36H2,(H,43,44,45)(H,46,47,48)(H,49,50,51)(H,52,53,54)(H,55,56,57);8-10H,1-6H2;;;;;/q;;5*+1/p-5/b2-1+,39-31-,40-32+;;;;;;. The zero-order chi connectivity index (χ0) is 53.7. The second kappa shape index (κ2) is 33.5. The van der Waals surface area contributed by atoms with E-state index in [1.807, 2.05) is 0 Å².